The molecule has 0 atom stereocenters. The Morgan fingerprint density at radius 3 is 2.22 bits per heavy atom. The van der Waals surface area contributed by atoms with E-state index < -0.39 is 29.1 Å². The Labute approximate surface area is 182 Å². The van der Waals surface area contributed by atoms with Gasteiger partial charge in [-0.25, -0.2) is 22.0 Å². The highest BCUT2D eigenvalue weighted by Crippen LogP contribution is 2.26. The molecule has 0 bridgehead atoms. The first kappa shape index (κ1) is 21.6. The van der Waals surface area contributed by atoms with Crippen LogP contribution in [-0.2, 0) is 6.42 Å². The number of hydrogen-bond acceptors (Lipinski definition) is 0. The topological polar surface area (TPSA) is 0 Å². The lowest BCUT2D eigenvalue weighted by Gasteiger charge is -2.07. The van der Waals surface area contributed by atoms with Crippen molar-refractivity contribution in [1.82, 2.24) is 0 Å². The highest BCUT2D eigenvalue weighted by molar-refractivity contribution is 5.84. The maximum absolute atomic E-state index is 14.6. The normalized spacial score (nSPS) is 10.8. The number of halogens is 5. The maximum atomic E-state index is 14.6. The van der Waals surface area contributed by atoms with E-state index in [0.717, 1.165) is 24.5 Å². The molecule has 0 amide bonds. The van der Waals surface area contributed by atoms with Gasteiger partial charge in [0.1, 0.15) is 11.6 Å². The number of aryl methyl sites for hydroxylation is 1. The molecule has 0 unspecified atom stereocenters. The molecule has 0 fully saturated rings. The predicted molar refractivity (Wildman–Crippen MR) is 116 cm³/mol. The third-order valence-corrected chi connectivity index (χ3v) is 5.17. The van der Waals surface area contributed by atoms with Crippen molar-refractivity contribution < 1.29 is 22.0 Å². The summed E-state index contributed by atoms with van der Waals surface area (Å²) < 4.78 is 69.7. The second kappa shape index (κ2) is 8.84. The van der Waals surface area contributed by atoms with Crippen LogP contribution in [0.4, 0.5) is 22.0 Å². The number of benzene rings is 4. The summed E-state index contributed by atoms with van der Waals surface area (Å²) in [6, 6.07) is 14.2. The minimum Gasteiger partial charge on any atom is -0.206 e. The first-order chi connectivity index (χ1) is 15.4. The summed E-state index contributed by atoms with van der Waals surface area (Å²) >= 11 is 0. The fourth-order valence-corrected chi connectivity index (χ4v) is 3.54. The molecule has 4 rings (SSSR count). The van der Waals surface area contributed by atoms with E-state index in [1.54, 1.807) is 12.1 Å². The summed E-state index contributed by atoms with van der Waals surface area (Å²) in [7, 11) is 0. The molecule has 160 valence electrons. The Morgan fingerprint density at radius 2 is 1.50 bits per heavy atom. The average molecular weight is 436 g/mol. The second-order valence-corrected chi connectivity index (χ2v) is 7.43. The van der Waals surface area contributed by atoms with Crippen LogP contribution in [0.1, 0.15) is 30.0 Å². The summed E-state index contributed by atoms with van der Waals surface area (Å²) in [4.78, 5) is 0. The molecule has 0 saturated carbocycles. The van der Waals surface area contributed by atoms with E-state index in [-0.39, 0.29) is 16.3 Å². The highest BCUT2D eigenvalue weighted by atomic mass is 19.2. The fraction of sp³-hybridized carbons (Fsp3) is 0.111. The van der Waals surface area contributed by atoms with Crippen molar-refractivity contribution in [2.24, 2.45) is 0 Å². The first-order valence-corrected chi connectivity index (χ1v) is 10.0. The number of fused-ring (bicyclic) bond motifs is 1. The van der Waals surface area contributed by atoms with Crippen LogP contribution in [-0.4, -0.2) is 0 Å². The molecule has 0 aliphatic carbocycles. The molecule has 0 spiro atoms. The summed E-state index contributed by atoms with van der Waals surface area (Å²) in [5.74, 6) is 0.281. The number of rotatable bonds is 3. The van der Waals surface area contributed by atoms with Gasteiger partial charge in [0.15, 0.2) is 17.5 Å². The lowest BCUT2D eigenvalue weighted by molar-refractivity contribution is 0.453. The van der Waals surface area contributed by atoms with Gasteiger partial charge in [-0.3, -0.25) is 0 Å². The third kappa shape index (κ3) is 4.22. The third-order valence-electron chi connectivity index (χ3n) is 5.17. The zero-order valence-corrected chi connectivity index (χ0v) is 17.1. The van der Waals surface area contributed by atoms with E-state index in [1.807, 2.05) is 13.0 Å². The van der Waals surface area contributed by atoms with Gasteiger partial charge in [0.2, 0.25) is 0 Å². The quantitative estimate of drug-likeness (QED) is 0.177. The van der Waals surface area contributed by atoms with Gasteiger partial charge < -0.3 is 0 Å². The van der Waals surface area contributed by atoms with E-state index in [2.05, 4.69) is 11.8 Å². The zero-order valence-electron chi connectivity index (χ0n) is 17.1. The van der Waals surface area contributed by atoms with Crippen LogP contribution in [0.15, 0.2) is 60.7 Å². The van der Waals surface area contributed by atoms with Gasteiger partial charge in [0.05, 0.1) is 5.56 Å². The molecule has 32 heavy (non-hydrogen) atoms. The molecule has 0 aliphatic rings. The Morgan fingerprint density at radius 1 is 0.688 bits per heavy atom. The van der Waals surface area contributed by atoms with Crippen LogP contribution in [0.25, 0.3) is 21.9 Å². The zero-order chi connectivity index (χ0) is 22.8. The summed E-state index contributed by atoms with van der Waals surface area (Å²) in [6.45, 7) is 2.01. The summed E-state index contributed by atoms with van der Waals surface area (Å²) in [5, 5.41) is 0.0722. The van der Waals surface area contributed by atoms with Gasteiger partial charge in [-0.2, -0.15) is 0 Å². The van der Waals surface area contributed by atoms with Gasteiger partial charge in [0, 0.05) is 16.5 Å². The van der Waals surface area contributed by atoms with Crippen LogP contribution in [0, 0.1) is 40.9 Å². The minimum atomic E-state index is -1.53. The molecule has 0 saturated heterocycles. The Hall–Kier alpha value is -3.65. The van der Waals surface area contributed by atoms with Gasteiger partial charge in [-0.15, -0.1) is 0 Å². The molecular formula is C27H17F5. The van der Waals surface area contributed by atoms with Crippen LogP contribution >= 0.6 is 0 Å². The highest BCUT2D eigenvalue weighted by Gasteiger charge is 2.13. The van der Waals surface area contributed by atoms with Crippen LogP contribution in [0.5, 0.6) is 0 Å². The molecule has 0 aliphatic heterocycles. The molecule has 0 heterocycles. The Kier molecular flexibility index (Phi) is 5.96. The average Bonchev–Trinajstić information content (AvgIpc) is 2.77. The van der Waals surface area contributed by atoms with E-state index >= 15 is 0 Å². The standard InChI is InChI=1S/C27H17F5/c1-2-3-16-5-10-21(24(29)13-16)19-9-8-18(23(28)14-19)7-4-17-6-11-22-20(12-17)15-25(30)27(32)26(22)31/h5-6,8-15H,2-3H2,1H3. The lowest BCUT2D eigenvalue weighted by atomic mass is 10.00. The Balaban J connectivity index is 1.64. The SMILES string of the molecule is CCCc1ccc(-c2ccc(C#Cc3ccc4c(F)c(F)c(F)cc4c3)c(F)c2)c(F)c1. The molecule has 0 N–H and O–H groups in total. The molecule has 4 aromatic carbocycles. The van der Waals surface area contributed by atoms with Crippen LogP contribution in [0.2, 0.25) is 0 Å². The largest absolute Gasteiger partial charge is 0.206 e. The van der Waals surface area contributed by atoms with Crippen molar-refractivity contribution in [3.8, 4) is 23.0 Å². The van der Waals surface area contributed by atoms with Crippen molar-refractivity contribution in [1.29, 1.82) is 0 Å². The van der Waals surface area contributed by atoms with Crippen LogP contribution < -0.4 is 0 Å². The maximum Gasteiger partial charge on any atom is 0.195 e. The fourth-order valence-electron chi connectivity index (χ4n) is 3.54. The van der Waals surface area contributed by atoms with Crippen molar-refractivity contribution in [3.63, 3.8) is 0 Å². The lowest BCUT2D eigenvalue weighted by Crippen LogP contribution is -1.92. The van der Waals surface area contributed by atoms with Crippen LogP contribution in [0.3, 0.4) is 0 Å². The summed E-state index contributed by atoms with van der Waals surface area (Å²) in [6.07, 6.45) is 1.67. The molecular weight excluding hydrogens is 419 g/mol. The number of hydrogen-bond donors (Lipinski definition) is 0. The monoisotopic (exact) mass is 436 g/mol. The molecule has 0 radical (unpaired) electrons. The summed E-state index contributed by atoms with van der Waals surface area (Å²) in [5.41, 5.74) is 2.05. The predicted octanol–water partition coefficient (Wildman–Crippen LogP) is 7.55. The van der Waals surface area contributed by atoms with E-state index in [9.17, 15) is 22.0 Å². The van der Waals surface area contributed by atoms with Gasteiger partial charge in [-0.05, 0) is 59.3 Å². The van der Waals surface area contributed by atoms with Crippen molar-refractivity contribution >= 4 is 10.8 Å². The smallest absolute Gasteiger partial charge is 0.195 e. The molecule has 0 aromatic heterocycles. The Bertz CT molecular complexity index is 1390. The first-order valence-electron chi connectivity index (χ1n) is 10.0. The van der Waals surface area contributed by atoms with Crippen molar-refractivity contribution in [2.75, 3.05) is 0 Å². The second-order valence-electron chi connectivity index (χ2n) is 7.43. The van der Waals surface area contributed by atoms with E-state index in [4.69, 9.17) is 0 Å². The molecule has 4 aromatic rings. The van der Waals surface area contributed by atoms with Crippen molar-refractivity contribution in [3.05, 3.63) is 106 Å². The van der Waals surface area contributed by atoms with E-state index in [1.165, 1.54) is 36.4 Å². The molecule has 5 heteroatoms. The van der Waals surface area contributed by atoms with E-state index in [0.29, 0.717) is 16.7 Å². The minimum absolute atomic E-state index is 0.0723. The molecule has 0 nitrogen and oxygen atoms in total. The van der Waals surface area contributed by atoms with Crippen molar-refractivity contribution in [2.45, 2.75) is 19.8 Å². The van der Waals surface area contributed by atoms with Gasteiger partial charge in [0.25, 0.3) is 0 Å². The van der Waals surface area contributed by atoms with Gasteiger partial charge >= 0.3 is 0 Å². The van der Waals surface area contributed by atoms with Gasteiger partial charge in [-0.1, -0.05) is 49.5 Å².